The van der Waals surface area contributed by atoms with Crippen LogP contribution in [0.25, 0.3) is 0 Å². The first-order chi connectivity index (χ1) is 7.80. The maximum atomic E-state index is 10.6. The van der Waals surface area contributed by atoms with Crippen molar-refractivity contribution in [2.24, 2.45) is 22.2 Å². The maximum Gasteiger partial charge on any atom is 0.0604 e. The molecular weight excluding hydrogens is 212 g/mol. The Labute approximate surface area is 104 Å². The molecule has 0 saturated heterocycles. The molecule has 17 heavy (non-hydrogen) atoms. The number of fused-ring (bicyclic) bond motifs is 1. The van der Waals surface area contributed by atoms with Crippen molar-refractivity contribution in [3.05, 3.63) is 0 Å². The third-order valence-electron chi connectivity index (χ3n) is 6.45. The Morgan fingerprint density at radius 2 is 1.65 bits per heavy atom. The lowest BCUT2D eigenvalue weighted by molar-refractivity contribution is -0.144. The van der Waals surface area contributed by atoms with Crippen molar-refractivity contribution in [2.75, 3.05) is 0 Å². The van der Waals surface area contributed by atoms with Gasteiger partial charge >= 0.3 is 0 Å². The minimum Gasteiger partial charge on any atom is -0.393 e. The van der Waals surface area contributed by atoms with Crippen LogP contribution in [-0.4, -0.2) is 22.4 Å². The van der Waals surface area contributed by atoms with E-state index in [-0.39, 0.29) is 28.5 Å². The van der Waals surface area contributed by atoms with E-state index in [1.807, 2.05) is 0 Å². The van der Waals surface area contributed by atoms with Crippen LogP contribution in [0, 0.1) is 22.2 Å². The van der Waals surface area contributed by atoms with E-state index in [0.717, 1.165) is 32.1 Å². The normalized spacial score (nSPS) is 56.6. The van der Waals surface area contributed by atoms with Gasteiger partial charge in [0.25, 0.3) is 0 Å². The van der Waals surface area contributed by atoms with Crippen molar-refractivity contribution >= 4 is 0 Å². The van der Waals surface area contributed by atoms with Gasteiger partial charge in [-0.15, -0.1) is 0 Å². The van der Waals surface area contributed by atoms with Gasteiger partial charge in [0.1, 0.15) is 0 Å². The molecule has 2 N–H and O–H groups in total. The standard InChI is InChI=1S/C15H26O2/c1-13(2)8-12(17)15-7-5-11(16)14(3,9-15)6-4-10(13)15/h10-12,16-17H,4-9H2,1-3H3/t10?,11-,12+,14+,15+/m0/s1. The highest BCUT2D eigenvalue weighted by molar-refractivity contribution is 5.14. The SMILES string of the molecule is CC1(C)C[C@@H](O)[C@@]23CC[C@H](O)[C@](C)(CCC12)C3. The highest BCUT2D eigenvalue weighted by Crippen LogP contribution is 2.68. The third kappa shape index (κ3) is 1.40. The minimum absolute atomic E-state index is 0.0656. The van der Waals surface area contributed by atoms with E-state index >= 15 is 0 Å². The van der Waals surface area contributed by atoms with Crippen LogP contribution in [0.2, 0.25) is 0 Å². The molecule has 2 nitrogen and oxygen atoms in total. The Morgan fingerprint density at radius 1 is 0.941 bits per heavy atom. The van der Waals surface area contributed by atoms with Gasteiger partial charge in [0, 0.05) is 5.41 Å². The van der Waals surface area contributed by atoms with Crippen LogP contribution in [0.15, 0.2) is 0 Å². The Balaban J connectivity index is 2.00. The Hall–Kier alpha value is -0.0800. The number of aliphatic hydroxyl groups excluding tert-OH is 2. The predicted molar refractivity (Wildman–Crippen MR) is 67.5 cm³/mol. The van der Waals surface area contributed by atoms with Crippen LogP contribution in [0.1, 0.15) is 59.3 Å². The van der Waals surface area contributed by atoms with Crippen molar-refractivity contribution in [2.45, 2.75) is 71.5 Å². The summed E-state index contributed by atoms with van der Waals surface area (Å²) in [5.74, 6) is 0.658. The molecule has 3 aliphatic rings. The molecule has 0 aromatic heterocycles. The predicted octanol–water partition coefficient (Wildman–Crippen LogP) is 2.72. The zero-order chi connectivity index (χ0) is 12.5. The molecule has 0 aromatic carbocycles. The molecule has 2 bridgehead atoms. The topological polar surface area (TPSA) is 40.5 Å². The summed E-state index contributed by atoms with van der Waals surface area (Å²) < 4.78 is 0. The Morgan fingerprint density at radius 3 is 2.35 bits per heavy atom. The number of hydrogen-bond donors (Lipinski definition) is 2. The summed E-state index contributed by atoms with van der Waals surface area (Å²) in [5.41, 5.74) is 0.467. The first kappa shape index (κ1) is 12.0. The van der Waals surface area contributed by atoms with Gasteiger partial charge in [0.2, 0.25) is 0 Å². The van der Waals surface area contributed by atoms with E-state index in [9.17, 15) is 10.2 Å². The molecule has 3 rings (SSSR count). The van der Waals surface area contributed by atoms with E-state index in [1.165, 1.54) is 6.42 Å². The van der Waals surface area contributed by atoms with Crippen LogP contribution in [0.4, 0.5) is 0 Å². The smallest absolute Gasteiger partial charge is 0.0604 e. The van der Waals surface area contributed by atoms with Crippen molar-refractivity contribution in [1.29, 1.82) is 0 Å². The molecule has 0 radical (unpaired) electrons. The first-order valence-corrected chi connectivity index (χ1v) is 7.16. The molecule has 3 saturated carbocycles. The van der Waals surface area contributed by atoms with Gasteiger partial charge in [-0.1, -0.05) is 20.8 Å². The van der Waals surface area contributed by atoms with Crippen molar-refractivity contribution in [3.8, 4) is 0 Å². The summed E-state index contributed by atoms with van der Waals surface area (Å²) in [4.78, 5) is 0. The summed E-state index contributed by atoms with van der Waals surface area (Å²) in [6.45, 7) is 6.87. The van der Waals surface area contributed by atoms with Gasteiger partial charge in [-0.3, -0.25) is 0 Å². The fraction of sp³-hybridized carbons (Fsp3) is 1.00. The second-order valence-corrected chi connectivity index (χ2v) is 7.92. The highest BCUT2D eigenvalue weighted by Gasteiger charge is 2.64. The minimum atomic E-state index is -0.148. The average molecular weight is 238 g/mol. The Kier molecular flexibility index (Phi) is 2.30. The van der Waals surface area contributed by atoms with E-state index < -0.39 is 0 Å². The molecule has 3 fully saturated rings. The van der Waals surface area contributed by atoms with Crippen LogP contribution in [-0.2, 0) is 0 Å². The van der Waals surface area contributed by atoms with Crippen LogP contribution in [0.5, 0.6) is 0 Å². The number of aliphatic hydroxyl groups is 2. The monoisotopic (exact) mass is 238 g/mol. The second kappa shape index (κ2) is 3.27. The summed E-state index contributed by atoms with van der Waals surface area (Å²) in [7, 11) is 0. The molecule has 0 aliphatic heterocycles. The van der Waals surface area contributed by atoms with Gasteiger partial charge in [-0.05, 0) is 55.3 Å². The molecule has 5 atom stereocenters. The third-order valence-corrected chi connectivity index (χ3v) is 6.45. The van der Waals surface area contributed by atoms with Crippen LogP contribution in [0.3, 0.4) is 0 Å². The lowest BCUT2D eigenvalue weighted by atomic mass is 9.49. The molecule has 1 unspecified atom stereocenters. The van der Waals surface area contributed by atoms with Crippen LogP contribution < -0.4 is 0 Å². The molecule has 0 aromatic rings. The van der Waals surface area contributed by atoms with E-state index in [2.05, 4.69) is 20.8 Å². The maximum absolute atomic E-state index is 10.6. The fourth-order valence-corrected chi connectivity index (χ4v) is 5.56. The van der Waals surface area contributed by atoms with Gasteiger partial charge < -0.3 is 10.2 Å². The molecule has 1 spiro atoms. The zero-order valence-corrected chi connectivity index (χ0v) is 11.4. The van der Waals surface area contributed by atoms with Gasteiger partial charge in [0.05, 0.1) is 12.2 Å². The fourth-order valence-electron chi connectivity index (χ4n) is 5.56. The van der Waals surface area contributed by atoms with Crippen molar-refractivity contribution in [1.82, 2.24) is 0 Å². The van der Waals surface area contributed by atoms with E-state index in [0.29, 0.717) is 5.92 Å². The van der Waals surface area contributed by atoms with Crippen LogP contribution >= 0.6 is 0 Å². The summed E-state index contributed by atoms with van der Waals surface area (Å²) in [6.07, 6.45) is 5.94. The molecule has 98 valence electrons. The van der Waals surface area contributed by atoms with Crippen molar-refractivity contribution < 1.29 is 10.2 Å². The lowest BCUT2D eigenvalue weighted by Crippen LogP contribution is -2.54. The largest absolute Gasteiger partial charge is 0.393 e. The molecular formula is C15H26O2. The molecule has 2 heteroatoms. The van der Waals surface area contributed by atoms with Crippen molar-refractivity contribution in [3.63, 3.8) is 0 Å². The Bertz CT molecular complexity index is 338. The lowest BCUT2D eigenvalue weighted by Gasteiger charge is -2.57. The molecule has 3 aliphatic carbocycles. The second-order valence-electron chi connectivity index (χ2n) is 7.92. The molecule has 0 amide bonds. The van der Waals surface area contributed by atoms with E-state index in [4.69, 9.17) is 0 Å². The summed E-state index contributed by atoms with van der Waals surface area (Å²) in [6, 6.07) is 0. The van der Waals surface area contributed by atoms with E-state index in [1.54, 1.807) is 0 Å². The highest BCUT2D eigenvalue weighted by atomic mass is 16.3. The summed E-state index contributed by atoms with van der Waals surface area (Å²) in [5, 5.41) is 20.8. The zero-order valence-electron chi connectivity index (χ0n) is 11.4. The van der Waals surface area contributed by atoms with Gasteiger partial charge in [-0.2, -0.15) is 0 Å². The first-order valence-electron chi connectivity index (χ1n) is 7.16. The average Bonchev–Trinajstić information content (AvgIpc) is 2.41. The summed E-state index contributed by atoms with van der Waals surface area (Å²) >= 11 is 0. The van der Waals surface area contributed by atoms with Gasteiger partial charge in [0.15, 0.2) is 0 Å². The number of hydrogen-bond acceptors (Lipinski definition) is 2. The molecule has 0 heterocycles. The number of rotatable bonds is 0. The van der Waals surface area contributed by atoms with Gasteiger partial charge in [-0.25, -0.2) is 0 Å². The quantitative estimate of drug-likeness (QED) is 0.681.